The highest BCUT2D eigenvalue weighted by atomic mass is 127. The fraction of sp³-hybridized carbons (Fsp3) is 0.368. The summed E-state index contributed by atoms with van der Waals surface area (Å²) in [5.74, 6) is 0.814. The first-order valence-corrected chi connectivity index (χ1v) is 8.26. The number of halogens is 1. The maximum Gasteiger partial charge on any atom is 0.191 e. The number of hydrogen-bond donors (Lipinski definition) is 2. The van der Waals surface area contributed by atoms with Crippen LogP contribution in [-0.4, -0.2) is 50.1 Å². The summed E-state index contributed by atoms with van der Waals surface area (Å²) in [4.78, 5) is 10.8. The lowest BCUT2D eigenvalue weighted by Gasteiger charge is -2.26. The minimum atomic E-state index is 0. The summed E-state index contributed by atoms with van der Waals surface area (Å²) in [6.45, 7) is 1.59. The van der Waals surface area contributed by atoms with Crippen molar-refractivity contribution >= 4 is 29.9 Å². The molecule has 1 atom stereocenters. The zero-order valence-corrected chi connectivity index (χ0v) is 17.5. The predicted octanol–water partition coefficient (Wildman–Crippen LogP) is 2.71. The zero-order valence-electron chi connectivity index (χ0n) is 15.1. The van der Waals surface area contributed by atoms with Gasteiger partial charge >= 0.3 is 0 Å². The number of aliphatic imine (C=N–C) groups is 1. The van der Waals surface area contributed by atoms with Crippen LogP contribution in [0.3, 0.4) is 0 Å². The van der Waals surface area contributed by atoms with Crippen molar-refractivity contribution in [3.63, 3.8) is 0 Å². The summed E-state index contributed by atoms with van der Waals surface area (Å²) in [5.41, 5.74) is 2.37. The molecule has 1 aromatic carbocycles. The van der Waals surface area contributed by atoms with Crippen LogP contribution in [0.15, 0.2) is 59.7 Å². The molecule has 0 fully saturated rings. The Bertz CT molecular complexity index is 616. The van der Waals surface area contributed by atoms with Crippen LogP contribution in [0.4, 0.5) is 0 Å². The Morgan fingerprint density at radius 1 is 1.08 bits per heavy atom. The molecule has 136 valence electrons. The van der Waals surface area contributed by atoms with E-state index in [9.17, 15) is 0 Å². The number of guanidine groups is 1. The summed E-state index contributed by atoms with van der Waals surface area (Å²) >= 11 is 0. The number of likely N-dealkylation sites (N-methyl/N-ethyl adjacent to an activating group) is 1. The van der Waals surface area contributed by atoms with Crippen molar-refractivity contribution in [1.82, 2.24) is 20.5 Å². The van der Waals surface area contributed by atoms with Crippen LogP contribution in [0, 0.1) is 0 Å². The summed E-state index contributed by atoms with van der Waals surface area (Å²) < 4.78 is 0. The molecule has 0 amide bonds. The van der Waals surface area contributed by atoms with E-state index < -0.39 is 0 Å². The van der Waals surface area contributed by atoms with Crippen LogP contribution in [0.1, 0.15) is 17.3 Å². The molecule has 0 saturated heterocycles. The lowest BCUT2D eigenvalue weighted by molar-refractivity contribution is 0.298. The molecule has 1 aromatic heterocycles. The molecule has 0 saturated carbocycles. The number of rotatable bonds is 7. The fourth-order valence-corrected chi connectivity index (χ4v) is 2.54. The lowest BCUT2D eigenvalue weighted by Crippen LogP contribution is -2.42. The Kier molecular flexibility index (Phi) is 10.1. The first-order valence-electron chi connectivity index (χ1n) is 8.26. The minimum absolute atomic E-state index is 0. The summed E-state index contributed by atoms with van der Waals surface area (Å²) in [6, 6.07) is 16.8. The van der Waals surface area contributed by atoms with Crippen molar-refractivity contribution in [1.29, 1.82) is 0 Å². The van der Waals surface area contributed by atoms with Gasteiger partial charge in [0.25, 0.3) is 0 Å². The van der Waals surface area contributed by atoms with Gasteiger partial charge < -0.3 is 15.5 Å². The van der Waals surface area contributed by atoms with Gasteiger partial charge in [-0.25, -0.2) is 0 Å². The van der Waals surface area contributed by atoms with Crippen molar-refractivity contribution in [3.8, 4) is 0 Å². The smallest absolute Gasteiger partial charge is 0.191 e. The first-order chi connectivity index (χ1) is 11.7. The predicted molar refractivity (Wildman–Crippen MR) is 116 cm³/mol. The number of nitrogens with zero attached hydrogens (tertiary/aromatic N) is 3. The molecule has 2 N–H and O–H groups in total. The minimum Gasteiger partial charge on any atom is -0.356 e. The van der Waals surface area contributed by atoms with Crippen molar-refractivity contribution < 1.29 is 0 Å². The summed E-state index contributed by atoms with van der Waals surface area (Å²) in [7, 11) is 5.98. The van der Waals surface area contributed by atoms with E-state index in [1.807, 2.05) is 30.5 Å². The normalized spacial score (nSPS) is 12.4. The van der Waals surface area contributed by atoms with Gasteiger partial charge in [0.2, 0.25) is 0 Å². The van der Waals surface area contributed by atoms with Gasteiger partial charge in [0, 0.05) is 38.4 Å². The largest absolute Gasteiger partial charge is 0.356 e. The molecule has 1 heterocycles. The molecule has 1 unspecified atom stereocenters. The second-order valence-corrected chi connectivity index (χ2v) is 5.84. The van der Waals surface area contributed by atoms with E-state index in [2.05, 4.69) is 63.9 Å². The molecule has 25 heavy (non-hydrogen) atoms. The Balaban J connectivity index is 0.00000312. The van der Waals surface area contributed by atoms with E-state index in [0.717, 1.165) is 31.2 Å². The van der Waals surface area contributed by atoms with Crippen LogP contribution in [-0.2, 0) is 6.42 Å². The van der Waals surface area contributed by atoms with Crippen LogP contribution in [0.5, 0.6) is 0 Å². The molecule has 0 radical (unpaired) electrons. The molecule has 2 aromatic rings. The number of nitrogens with one attached hydrogen (secondary N) is 2. The zero-order chi connectivity index (χ0) is 17.2. The van der Waals surface area contributed by atoms with Gasteiger partial charge in [0.15, 0.2) is 5.96 Å². The Labute approximate surface area is 168 Å². The van der Waals surface area contributed by atoms with Crippen LogP contribution < -0.4 is 10.6 Å². The average Bonchev–Trinajstić information content (AvgIpc) is 2.62. The first kappa shape index (κ1) is 21.4. The maximum absolute atomic E-state index is 4.33. The Morgan fingerprint density at radius 2 is 1.80 bits per heavy atom. The molecule has 0 aliphatic rings. The van der Waals surface area contributed by atoms with Gasteiger partial charge in [0.05, 0.1) is 6.04 Å². The number of benzene rings is 1. The SMILES string of the molecule is CN=C(NCCc1ccccn1)NCC(c1ccccc1)N(C)C.I. The van der Waals surface area contributed by atoms with Gasteiger partial charge in [-0.15, -0.1) is 24.0 Å². The maximum atomic E-state index is 4.33. The summed E-state index contributed by atoms with van der Waals surface area (Å²) in [6.07, 6.45) is 2.70. The highest BCUT2D eigenvalue weighted by molar-refractivity contribution is 14.0. The van der Waals surface area contributed by atoms with Gasteiger partial charge in [-0.1, -0.05) is 36.4 Å². The fourth-order valence-electron chi connectivity index (χ4n) is 2.54. The van der Waals surface area contributed by atoms with Gasteiger partial charge in [-0.3, -0.25) is 9.98 Å². The Hall–Kier alpha value is -1.67. The van der Waals surface area contributed by atoms with E-state index in [1.165, 1.54) is 5.56 Å². The monoisotopic (exact) mass is 453 g/mol. The van der Waals surface area contributed by atoms with Crippen molar-refractivity contribution in [3.05, 3.63) is 66.0 Å². The van der Waals surface area contributed by atoms with E-state index in [-0.39, 0.29) is 24.0 Å². The molecule has 2 rings (SSSR count). The van der Waals surface area contributed by atoms with Crippen molar-refractivity contribution in [2.24, 2.45) is 4.99 Å². The molecular weight excluding hydrogens is 425 g/mol. The Morgan fingerprint density at radius 3 is 2.40 bits per heavy atom. The van der Waals surface area contributed by atoms with Crippen LogP contribution >= 0.6 is 24.0 Å². The molecule has 5 nitrogen and oxygen atoms in total. The third-order valence-corrected chi connectivity index (χ3v) is 3.89. The van der Waals surface area contributed by atoms with E-state index in [1.54, 1.807) is 7.05 Å². The van der Waals surface area contributed by atoms with E-state index in [4.69, 9.17) is 0 Å². The molecule has 0 aliphatic heterocycles. The number of hydrogen-bond acceptors (Lipinski definition) is 3. The third-order valence-electron chi connectivity index (χ3n) is 3.89. The standard InChI is InChI=1S/C19H27N5.HI/c1-20-19(22-14-12-17-11-7-8-13-21-17)23-15-18(24(2)3)16-9-5-4-6-10-16;/h4-11,13,18H,12,14-15H2,1-3H3,(H2,20,22,23);1H. The quantitative estimate of drug-likeness (QED) is 0.385. The third kappa shape index (κ3) is 7.39. The van der Waals surface area contributed by atoms with Crippen LogP contribution in [0.2, 0.25) is 0 Å². The van der Waals surface area contributed by atoms with Gasteiger partial charge in [-0.05, 0) is 31.8 Å². The van der Waals surface area contributed by atoms with Crippen LogP contribution in [0.25, 0.3) is 0 Å². The molecule has 0 spiro atoms. The van der Waals surface area contributed by atoms with E-state index in [0.29, 0.717) is 6.04 Å². The summed E-state index contributed by atoms with van der Waals surface area (Å²) in [5, 5.41) is 6.76. The highest BCUT2D eigenvalue weighted by Gasteiger charge is 2.14. The average molecular weight is 453 g/mol. The number of pyridine rings is 1. The molecule has 0 aliphatic carbocycles. The second kappa shape index (κ2) is 11.8. The lowest BCUT2D eigenvalue weighted by atomic mass is 10.1. The van der Waals surface area contributed by atoms with Gasteiger partial charge in [-0.2, -0.15) is 0 Å². The van der Waals surface area contributed by atoms with Gasteiger partial charge in [0.1, 0.15) is 0 Å². The topological polar surface area (TPSA) is 52.6 Å². The van der Waals surface area contributed by atoms with E-state index >= 15 is 0 Å². The second-order valence-electron chi connectivity index (χ2n) is 5.84. The molecule has 6 heteroatoms. The number of aromatic nitrogens is 1. The molecular formula is C19H28IN5. The molecule has 0 bridgehead atoms. The highest BCUT2D eigenvalue weighted by Crippen LogP contribution is 2.16. The van der Waals surface area contributed by atoms with Crippen molar-refractivity contribution in [2.45, 2.75) is 12.5 Å². The van der Waals surface area contributed by atoms with Crippen molar-refractivity contribution in [2.75, 3.05) is 34.2 Å².